The van der Waals surface area contributed by atoms with E-state index in [0.717, 1.165) is 12.8 Å². The van der Waals surface area contributed by atoms with Crippen LogP contribution in [0.25, 0.3) is 0 Å². The van der Waals surface area contributed by atoms with Gasteiger partial charge < -0.3 is 24.8 Å². The highest BCUT2D eigenvalue weighted by Gasteiger charge is 2.38. The summed E-state index contributed by atoms with van der Waals surface area (Å²) < 4.78 is 11.3. The van der Waals surface area contributed by atoms with E-state index in [1.54, 1.807) is 0 Å². The zero-order chi connectivity index (χ0) is 24.9. The highest BCUT2D eigenvalue weighted by atomic mass is 16.7. The van der Waals surface area contributed by atoms with Gasteiger partial charge in [0.15, 0.2) is 6.29 Å². The molecule has 1 aliphatic heterocycles. The first kappa shape index (κ1) is 31.8. The summed E-state index contributed by atoms with van der Waals surface area (Å²) >= 11 is 0. The van der Waals surface area contributed by atoms with Crippen LogP contribution in [0.3, 0.4) is 0 Å². The SMILES string of the molecule is CCCCCCCCCCCCC(CCCCCCCCCC)CO[C@H]1OC[C@@H](O)[C@H](O)[C@@H]1O. The second-order valence-corrected chi connectivity index (χ2v) is 10.7. The van der Waals surface area contributed by atoms with E-state index in [1.165, 1.54) is 116 Å². The molecule has 0 saturated carbocycles. The lowest BCUT2D eigenvalue weighted by Gasteiger charge is -2.35. The molecule has 5 heteroatoms. The molecule has 1 rings (SSSR count). The first-order chi connectivity index (χ1) is 16.6. The summed E-state index contributed by atoms with van der Waals surface area (Å²) in [5.41, 5.74) is 0. The van der Waals surface area contributed by atoms with Crippen LogP contribution in [0, 0.1) is 5.92 Å². The number of rotatable bonds is 23. The predicted molar refractivity (Wildman–Crippen MR) is 141 cm³/mol. The minimum atomic E-state index is -1.20. The average Bonchev–Trinajstić information content (AvgIpc) is 2.84. The molecule has 1 fully saturated rings. The van der Waals surface area contributed by atoms with Crippen LogP contribution in [0.15, 0.2) is 0 Å². The fourth-order valence-corrected chi connectivity index (χ4v) is 4.96. The lowest BCUT2D eigenvalue weighted by molar-refractivity contribution is -0.272. The first-order valence-electron chi connectivity index (χ1n) is 14.9. The van der Waals surface area contributed by atoms with Gasteiger partial charge in [0, 0.05) is 0 Å². The molecule has 3 N–H and O–H groups in total. The standard InChI is InChI=1S/C29H58O5/c1-3-5-7-9-11-13-14-16-18-20-22-25(21-19-17-15-12-10-8-6-4-2)23-33-29-28(32)27(31)26(30)24-34-29/h25-32H,3-24H2,1-2H3/t25?,26-,27+,28+,29+/m1/s1. The van der Waals surface area contributed by atoms with Crippen molar-refractivity contribution in [2.45, 2.75) is 167 Å². The van der Waals surface area contributed by atoms with Crippen LogP contribution in [-0.2, 0) is 9.47 Å². The van der Waals surface area contributed by atoms with Crippen LogP contribution >= 0.6 is 0 Å². The summed E-state index contributed by atoms with van der Waals surface area (Å²) in [4.78, 5) is 0. The second-order valence-electron chi connectivity index (χ2n) is 10.7. The molecule has 1 unspecified atom stereocenters. The van der Waals surface area contributed by atoms with Crippen molar-refractivity contribution in [2.75, 3.05) is 13.2 Å². The Hall–Kier alpha value is -0.200. The van der Waals surface area contributed by atoms with Crippen molar-refractivity contribution in [3.63, 3.8) is 0 Å². The van der Waals surface area contributed by atoms with E-state index in [-0.39, 0.29) is 6.61 Å². The van der Waals surface area contributed by atoms with E-state index in [0.29, 0.717) is 12.5 Å². The Bertz CT molecular complexity index is 433. The van der Waals surface area contributed by atoms with Crippen molar-refractivity contribution >= 4 is 0 Å². The molecule has 1 aliphatic rings. The van der Waals surface area contributed by atoms with E-state index < -0.39 is 24.6 Å². The van der Waals surface area contributed by atoms with Crippen LogP contribution in [-0.4, -0.2) is 53.1 Å². The third kappa shape index (κ3) is 15.7. The number of aliphatic hydroxyl groups is 3. The topological polar surface area (TPSA) is 79.2 Å². The number of hydrogen-bond donors (Lipinski definition) is 3. The molecule has 0 amide bonds. The van der Waals surface area contributed by atoms with Crippen molar-refractivity contribution in [1.29, 1.82) is 0 Å². The maximum Gasteiger partial charge on any atom is 0.186 e. The number of ether oxygens (including phenoxy) is 2. The number of aliphatic hydroxyl groups excluding tert-OH is 3. The first-order valence-corrected chi connectivity index (χ1v) is 14.9. The monoisotopic (exact) mass is 486 g/mol. The minimum absolute atomic E-state index is 0.00400. The zero-order valence-corrected chi connectivity index (χ0v) is 22.6. The summed E-state index contributed by atoms with van der Waals surface area (Å²) in [5, 5.41) is 29.7. The van der Waals surface area contributed by atoms with Gasteiger partial charge in [-0.05, 0) is 18.8 Å². The van der Waals surface area contributed by atoms with Gasteiger partial charge in [0.1, 0.15) is 18.3 Å². The summed E-state index contributed by atoms with van der Waals surface area (Å²) in [5.74, 6) is 0.467. The van der Waals surface area contributed by atoms with E-state index in [9.17, 15) is 15.3 Å². The Morgan fingerprint density at radius 3 is 1.47 bits per heavy atom. The maximum absolute atomic E-state index is 10.2. The van der Waals surface area contributed by atoms with Gasteiger partial charge in [-0.25, -0.2) is 0 Å². The highest BCUT2D eigenvalue weighted by Crippen LogP contribution is 2.23. The van der Waals surface area contributed by atoms with Crippen LogP contribution in [0.4, 0.5) is 0 Å². The largest absolute Gasteiger partial charge is 0.388 e. The molecule has 5 atom stereocenters. The normalized spacial score (nSPS) is 23.9. The Labute approximate surface area is 211 Å². The van der Waals surface area contributed by atoms with Gasteiger partial charge in [-0.3, -0.25) is 0 Å². The summed E-state index contributed by atoms with van der Waals surface area (Å²) in [6.07, 6.45) is 22.1. The average molecular weight is 487 g/mol. The van der Waals surface area contributed by atoms with Crippen LogP contribution in [0.2, 0.25) is 0 Å². The molecule has 0 radical (unpaired) electrons. The van der Waals surface area contributed by atoms with Crippen molar-refractivity contribution in [1.82, 2.24) is 0 Å². The fraction of sp³-hybridized carbons (Fsp3) is 1.00. The molecule has 0 aromatic heterocycles. The fourth-order valence-electron chi connectivity index (χ4n) is 4.96. The van der Waals surface area contributed by atoms with Gasteiger partial charge in [-0.2, -0.15) is 0 Å². The molecular formula is C29H58O5. The lowest BCUT2D eigenvalue weighted by atomic mass is 9.94. The van der Waals surface area contributed by atoms with Gasteiger partial charge in [-0.1, -0.05) is 129 Å². The Balaban J connectivity index is 2.25. The van der Waals surface area contributed by atoms with E-state index >= 15 is 0 Å². The van der Waals surface area contributed by atoms with E-state index in [4.69, 9.17) is 9.47 Å². The van der Waals surface area contributed by atoms with Crippen molar-refractivity contribution in [2.24, 2.45) is 5.92 Å². The van der Waals surface area contributed by atoms with Gasteiger partial charge in [0.2, 0.25) is 0 Å². The number of unbranched alkanes of at least 4 members (excludes halogenated alkanes) is 16. The lowest BCUT2D eigenvalue weighted by Crippen LogP contribution is -2.53. The van der Waals surface area contributed by atoms with Crippen molar-refractivity contribution in [3.05, 3.63) is 0 Å². The molecule has 34 heavy (non-hydrogen) atoms. The predicted octanol–water partition coefficient (Wildman–Crippen LogP) is 6.90. The number of hydrogen-bond acceptors (Lipinski definition) is 5. The van der Waals surface area contributed by atoms with Crippen LogP contribution < -0.4 is 0 Å². The van der Waals surface area contributed by atoms with Crippen LogP contribution in [0.5, 0.6) is 0 Å². The van der Waals surface area contributed by atoms with Gasteiger partial charge in [0.25, 0.3) is 0 Å². The van der Waals surface area contributed by atoms with Gasteiger partial charge in [-0.15, -0.1) is 0 Å². The maximum atomic E-state index is 10.2. The molecular weight excluding hydrogens is 428 g/mol. The molecule has 1 saturated heterocycles. The Kier molecular flexibility index (Phi) is 20.6. The van der Waals surface area contributed by atoms with E-state index in [2.05, 4.69) is 13.8 Å². The third-order valence-electron chi connectivity index (χ3n) is 7.38. The molecule has 0 spiro atoms. The molecule has 204 valence electrons. The quantitative estimate of drug-likeness (QED) is 0.137. The molecule has 0 aromatic rings. The molecule has 5 nitrogen and oxygen atoms in total. The molecule has 0 bridgehead atoms. The zero-order valence-electron chi connectivity index (χ0n) is 22.6. The highest BCUT2D eigenvalue weighted by molar-refractivity contribution is 4.82. The van der Waals surface area contributed by atoms with Crippen molar-refractivity contribution in [3.8, 4) is 0 Å². The van der Waals surface area contributed by atoms with Crippen LogP contribution in [0.1, 0.15) is 142 Å². The van der Waals surface area contributed by atoms with Gasteiger partial charge >= 0.3 is 0 Å². The molecule has 0 aliphatic carbocycles. The minimum Gasteiger partial charge on any atom is -0.388 e. The smallest absolute Gasteiger partial charge is 0.186 e. The summed E-state index contributed by atoms with van der Waals surface area (Å²) in [6.45, 7) is 5.09. The third-order valence-corrected chi connectivity index (χ3v) is 7.38. The summed E-state index contributed by atoms with van der Waals surface area (Å²) in [7, 11) is 0. The van der Waals surface area contributed by atoms with E-state index in [1.807, 2.05) is 0 Å². The Morgan fingerprint density at radius 1 is 0.618 bits per heavy atom. The van der Waals surface area contributed by atoms with Gasteiger partial charge in [0.05, 0.1) is 13.2 Å². The summed E-state index contributed by atoms with van der Waals surface area (Å²) in [6, 6.07) is 0. The Morgan fingerprint density at radius 2 is 1.03 bits per heavy atom. The second kappa shape index (κ2) is 22.0. The van der Waals surface area contributed by atoms with Crippen molar-refractivity contribution < 1.29 is 24.8 Å². The molecule has 1 heterocycles. The molecule has 0 aromatic carbocycles.